The second-order valence-corrected chi connectivity index (χ2v) is 7.15. The second-order valence-electron chi connectivity index (χ2n) is 7.15. The van der Waals surface area contributed by atoms with E-state index in [9.17, 15) is 4.79 Å². The molecular weight excluding hydrogens is 236 g/mol. The number of nitrogens with one attached hydrogen (secondary N) is 1. The highest BCUT2D eigenvalue weighted by Crippen LogP contribution is 2.25. The maximum Gasteiger partial charge on any atom is 0.258 e. The van der Waals surface area contributed by atoms with Crippen LogP contribution in [0.25, 0.3) is 10.9 Å². The van der Waals surface area contributed by atoms with Gasteiger partial charge in [0.25, 0.3) is 5.56 Å². The number of hydrogen-bond acceptors (Lipinski definition) is 2. The SMILES string of the molecule is CC(C)(C)c1ccc2c(=O)[nH]c(C(C)(C)C)nc2c1. The van der Waals surface area contributed by atoms with Crippen LogP contribution in [-0.2, 0) is 10.8 Å². The fourth-order valence-corrected chi connectivity index (χ4v) is 1.96. The molecule has 1 N–H and O–H groups in total. The fraction of sp³-hybridized carbons (Fsp3) is 0.500. The number of H-pyrrole nitrogens is 1. The molecule has 0 spiro atoms. The van der Waals surface area contributed by atoms with E-state index in [4.69, 9.17) is 0 Å². The van der Waals surface area contributed by atoms with Gasteiger partial charge >= 0.3 is 0 Å². The molecule has 0 bridgehead atoms. The lowest BCUT2D eigenvalue weighted by molar-refractivity contribution is 0.546. The molecule has 2 aromatic rings. The largest absolute Gasteiger partial charge is 0.310 e. The molecule has 3 nitrogen and oxygen atoms in total. The summed E-state index contributed by atoms with van der Waals surface area (Å²) in [5.74, 6) is 0.732. The average Bonchev–Trinajstić information content (AvgIpc) is 2.25. The first-order valence-electron chi connectivity index (χ1n) is 6.64. The highest BCUT2D eigenvalue weighted by Gasteiger charge is 2.19. The van der Waals surface area contributed by atoms with E-state index in [0.717, 1.165) is 11.3 Å². The number of aromatic nitrogens is 2. The van der Waals surface area contributed by atoms with Gasteiger partial charge in [-0.15, -0.1) is 0 Å². The summed E-state index contributed by atoms with van der Waals surface area (Å²) in [5.41, 5.74) is 1.81. The molecule has 2 rings (SSSR count). The first kappa shape index (κ1) is 13.8. The van der Waals surface area contributed by atoms with Crippen LogP contribution >= 0.6 is 0 Å². The number of fused-ring (bicyclic) bond motifs is 1. The monoisotopic (exact) mass is 258 g/mol. The van der Waals surface area contributed by atoms with Gasteiger partial charge < -0.3 is 4.98 Å². The maximum atomic E-state index is 12.1. The van der Waals surface area contributed by atoms with Gasteiger partial charge in [-0.05, 0) is 23.1 Å². The number of benzene rings is 1. The smallest absolute Gasteiger partial charge is 0.258 e. The summed E-state index contributed by atoms with van der Waals surface area (Å²) in [6, 6.07) is 5.91. The van der Waals surface area contributed by atoms with Crippen LogP contribution in [0.15, 0.2) is 23.0 Å². The highest BCUT2D eigenvalue weighted by molar-refractivity contribution is 5.78. The first-order chi connectivity index (χ1) is 8.59. The number of aromatic amines is 1. The Hall–Kier alpha value is -1.64. The van der Waals surface area contributed by atoms with Gasteiger partial charge in [0.05, 0.1) is 10.9 Å². The van der Waals surface area contributed by atoms with Crippen LogP contribution in [0, 0.1) is 0 Å². The van der Waals surface area contributed by atoms with Crippen LogP contribution in [0.5, 0.6) is 0 Å². The van der Waals surface area contributed by atoms with Crippen LogP contribution in [0.2, 0.25) is 0 Å². The second kappa shape index (κ2) is 4.19. The quantitative estimate of drug-likeness (QED) is 0.786. The minimum atomic E-state index is -0.162. The van der Waals surface area contributed by atoms with Crippen molar-refractivity contribution in [1.82, 2.24) is 9.97 Å². The Morgan fingerprint density at radius 3 is 2.16 bits per heavy atom. The molecule has 1 aromatic carbocycles. The zero-order chi connectivity index (χ0) is 14.4. The summed E-state index contributed by atoms with van der Waals surface area (Å²) in [4.78, 5) is 19.6. The van der Waals surface area contributed by atoms with Crippen molar-refractivity contribution in [2.45, 2.75) is 52.4 Å². The van der Waals surface area contributed by atoms with E-state index in [2.05, 4.69) is 30.7 Å². The Bertz CT molecular complexity index is 664. The Morgan fingerprint density at radius 2 is 1.63 bits per heavy atom. The first-order valence-corrected chi connectivity index (χ1v) is 6.64. The number of rotatable bonds is 0. The van der Waals surface area contributed by atoms with Crippen molar-refractivity contribution in [2.75, 3.05) is 0 Å². The molecule has 0 fully saturated rings. The Morgan fingerprint density at radius 1 is 1.00 bits per heavy atom. The average molecular weight is 258 g/mol. The molecule has 0 saturated heterocycles. The molecule has 0 aliphatic heterocycles. The maximum absolute atomic E-state index is 12.1. The number of nitrogens with zero attached hydrogens (tertiary/aromatic N) is 1. The standard InChI is InChI=1S/C16H22N2O/c1-15(2,3)10-7-8-11-12(9-10)17-14(16(4,5)6)18-13(11)19/h7-9H,1-6H3,(H,17,18,19). The molecule has 1 heterocycles. The van der Waals surface area contributed by atoms with Gasteiger partial charge in [-0.3, -0.25) is 4.79 Å². The van der Waals surface area contributed by atoms with E-state index in [1.165, 1.54) is 5.56 Å². The van der Waals surface area contributed by atoms with Crippen LogP contribution in [0.3, 0.4) is 0 Å². The molecule has 0 aliphatic rings. The van der Waals surface area contributed by atoms with Crippen molar-refractivity contribution in [2.24, 2.45) is 0 Å². The number of hydrogen-bond donors (Lipinski definition) is 1. The van der Waals surface area contributed by atoms with Gasteiger partial charge in [0.15, 0.2) is 0 Å². The molecule has 1 aromatic heterocycles. The fourth-order valence-electron chi connectivity index (χ4n) is 1.96. The zero-order valence-corrected chi connectivity index (χ0v) is 12.6. The Balaban J connectivity index is 2.74. The molecule has 0 atom stereocenters. The van der Waals surface area contributed by atoms with E-state index >= 15 is 0 Å². The van der Waals surface area contributed by atoms with Crippen molar-refractivity contribution in [3.63, 3.8) is 0 Å². The summed E-state index contributed by atoms with van der Waals surface area (Å²) in [6.07, 6.45) is 0. The van der Waals surface area contributed by atoms with Gasteiger partial charge in [0.2, 0.25) is 0 Å². The highest BCUT2D eigenvalue weighted by atomic mass is 16.1. The third-order valence-corrected chi connectivity index (χ3v) is 3.28. The molecule has 102 valence electrons. The lowest BCUT2D eigenvalue weighted by Gasteiger charge is -2.20. The predicted octanol–water partition coefficient (Wildman–Crippen LogP) is 3.52. The van der Waals surface area contributed by atoms with Gasteiger partial charge in [0.1, 0.15) is 5.82 Å². The van der Waals surface area contributed by atoms with Gasteiger partial charge in [-0.2, -0.15) is 0 Å². The van der Waals surface area contributed by atoms with Gasteiger partial charge in [0, 0.05) is 5.41 Å². The lowest BCUT2D eigenvalue weighted by Crippen LogP contribution is -2.22. The molecule has 0 aliphatic carbocycles. The van der Waals surface area contributed by atoms with E-state index in [0.29, 0.717) is 5.39 Å². The van der Waals surface area contributed by atoms with Crippen LogP contribution < -0.4 is 5.56 Å². The summed E-state index contributed by atoms with van der Waals surface area (Å²) in [5, 5.41) is 0.654. The third kappa shape index (κ3) is 2.70. The molecule has 0 saturated carbocycles. The topological polar surface area (TPSA) is 45.8 Å². The summed E-state index contributed by atoms with van der Waals surface area (Å²) < 4.78 is 0. The normalized spacial score (nSPS) is 12.9. The van der Waals surface area contributed by atoms with Crippen molar-refractivity contribution < 1.29 is 0 Å². The Kier molecular flexibility index (Phi) is 3.04. The van der Waals surface area contributed by atoms with Crippen LogP contribution in [-0.4, -0.2) is 9.97 Å². The third-order valence-electron chi connectivity index (χ3n) is 3.28. The van der Waals surface area contributed by atoms with E-state index < -0.39 is 0 Å². The lowest BCUT2D eigenvalue weighted by atomic mass is 9.86. The van der Waals surface area contributed by atoms with Crippen molar-refractivity contribution in [3.05, 3.63) is 39.9 Å². The van der Waals surface area contributed by atoms with E-state index in [1.807, 2.05) is 39.0 Å². The summed E-state index contributed by atoms with van der Waals surface area (Å²) in [7, 11) is 0. The molecule has 19 heavy (non-hydrogen) atoms. The molecule has 3 heteroatoms. The molecule has 0 radical (unpaired) electrons. The summed E-state index contributed by atoms with van der Waals surface area (Å²) >= 11 is 0. The molecule has 0 amide bonds. The Labute approximate surface area is 114 Å². The van der Waals surface area contributed by atoms with Crippen molar-refractivity contribution in [1.29, 1.82) is 0 Å². The molecular formula is C16H22N2O. The van der Waals surface area contributed by atoms with Gasteiger partial charge in [-0.1, -0.05) is 47.6 Å². The van der Waals surface area contributed by atoms with Crippen molar-refractivity contribution >= 4 is 10.9 Å². The van der Waals surface area contributed by atoms with E-state index in [-0.39, 0.29) is 16.4 Å². The minimum Gasteiger partial charge on any atom is -0.310 e. The minimum absolute atomic E-state index is 0.0559. The predicted molar refractivity (Wildman–Crippen MR) is 79.8 cm³/mol. The van der Waals surface area contributed by atoms with Crippen LogP contribution in [0.4, 0.5) is 0 Å². The zero-order valence-electron chi connectivity index (χ0n) is 12.6. The van der Waals surface area contributed by atoms with Gasteiger partial charge in [-0.25, -0.2) is 4.98 Å². The summed E-state index contributed by atoms with van der Waals surface area (Å²) in [6.45, 7) is 12.6. The molecule has 0 unspecified atom stereocenters. The van der Waals surface area contributed by atoms with Crippen molar-refractivity contribution in [3.8, 4) is 0 Å². The van der Waals surface area contributed by atoms with Crippen LogP contribution in [0.1, 0.15) is 52.9 Å². The van der Waals surface area contributed by atoms with E-state index in [1.54, 1.807) is 0 Å².